The van der Waals surface area contributed by atoms with Crippen LogP contribution in [0.3, 0.4) is 0 Å². The van der Waals surface area contributed by atoms with Crippen LogP contribution < -0.4 is 4.74 Å². The number of ether oxygens (including phenoxy) is 1. The molecule has 19 heavy (non-hydrogen) atoms. The van der Waals surface area contributed by atoms with Crippen molar-refractivity contribution in [2.75, 3.05) is 6.61 Å². The molecule has 0 unspecified atom stereocenters. The van der Waals surface area contributed by atoms with E-state index in [1.165, 1.54) is 6.07 Å². The molecule has 0 amide bonds. The molecule has 5 heteroatoms. The van der Waals surface area contributed by atoms with Crippen molar-refractivity contribution in [3.05, 3.63) is 28.2 Å². The molecule has 0 saturated heterocycles. The van der Waals surface area contributed by atoms with E-state index in [0.29, 0.717) is 23.1 Å². The Hall–Kier alpha value is -1.07. The van der Waals surface area contributed by atoms with Gasteiger partial charge in [-0.05, 0) is 31.0 Å². The van der Waals surface area contributed by atoms with Gasteiger partial charge >= 0.3 is 5.97 Å². The zero-order valence-corrected chi connectivity index (χ0v) is 12.1. The molecule has 0 bridgehead atoms. The first-order valence-corrected chi connectivity index (χ1v) is 7.17. The van der Waals surface area contributed by atoms with Crippen molar-refractivity contribution < 1.29 is 19.7 Å². The number of carbonyl (C=O) groups is 1. The maximum Gasteiger partial charge on any atom is 0.339 e. The molecule has 0 radical (unpaired) electrons. The van der Waals surface area contributed by atoms with Crippen molar-refractivity contribution in [1.29, 1.82) is 0 Å². The summed E-state index contributed by atoms with van der Waals surface area (Å²) in [6.07, 6.45) is 4.55. The van der Waals surface area contributed by atoms with E-state index in [1.54, 1.807) is 12.1 Å². The summed E-state index contributed by atoms with van der Waals surface area (Å²) >= 11 is 3.23. The Kier molecular flexibility index (Phi) is 4.47. The Labute approximate surface area is 120 Å². The molecular formula is C14H17BrO4. The van der Waals surface area contributed by atoms with Crippen LogP contribution in [-0.4, -0.2) is 28.4 Å². The highest BCUT2D eigenvalue weighted by Gasteiger charge is 2.30. The lowest BCUT2D eigenvalue weighted by atomic mass is 9.85. The average Bonchev–Trinajstić information content (AvgIpc) is 2.38. The summed E-state index contributed by atoms with van der Waals surface area (Å²) in [5.74, 6) is -0.735. The Bertz CT molecular complexity index is 467. The number of hydrogen-bond acceptors (Lipinski definition) is 3. The monoisotopic (exact) mass is 328 g/mol. The molecule has 0 aliphatic heterocycles. The summed E-state index contributed by atoms with van der Waals surface area (Å²) in [7, 11) is 0. The minimum Gasteiger partial charge on any atom is -0.490 e. The highest BCUT2D eigenvalue weighted by atomic mass is 79.9. The van der Waals surface area contributed by atoms with Gasteiger partial charge in [-0.2, -0.15) is 0 Å². The van der Waals surface area contributed by atoms with Gasteiger partial charge in [0, 0.05) is 4.47 Å². The van der Waals surface area contributed by atoms with Crippen LogP contribution >= 0.6 is 15.9 Å². The van der Waals surface area contributed by atoms with Gasteiger partial charge in [-0.1, -0.05) is 35.2 Å². The number of rotatable bonds is 4. The molecule has 1 aromatic carbocycles. The molecule has 1 aliphatic carbocycles. The summed E-state index contributed by atoms with van der Waals surface area (Å²) in [4.78, 5) is 11.1. The lowest BCUT2D eigenvalue weighted by Gasteiger charge is -2.31. The normalized spacial score (nSPS) is 18.0. The fourth-order valence-corrected chi connectivity index (χ4v) is 2.72. The van der Waals surface area contributed by atoms with E-state index in [9.17, 15) is 9.90 Å². The van der Waals surface area contributed by atoms with Gasteiger partial charge in [-0.15, -0.1) is 0 Å². The van der Waals surface area contributed by atoms with E-state index in [0.717, 1.165) is 19.3 Å². The smallest absolute Gasteiger partial charge is 0.339 e. The Morgan fingerprint density at radius 1 is 1.32 bits per heavy atom. The Morgan fingerprint density at radius 3 is 2.63 bits per heavy atom. The van der Waals surface area contributed by atoms with Crippen molar-refractivity contribution in [1.82, 2.24) is 0 Å². The van der Waals surface area contributed by atoms with Crippen LogP contribution in [0.5, 0.6) is 5.75 Å². The van der Waals surface area contributed by atoms with E-state index in [-0.39, 0.29) is 12.2 Å². The van der Waals surface area contributed by atoms with E-state index in [1.807, 2.05) is 0 Å². The zero-order chi connectivity index (χ0) is 13.9. The second-order valence-electron chi connectivity index (χ2n) is 5.02. The van der Waals surface area contributed by atoms with E-state index < -0.39 is 11.6 Å². The molecule has 0 heterocycles. The van der Waals surface area contributed by atoms with Crippen molar-refractivity contribution in [3.8, 4) is 5.75 Å². The van der Waals surface area contributed by atoms with Crippen LogP contribution in [-0.2, 0) is 0 Å². The molecule has 0 aromatic heterocycles. The number of carboxylic acid groups (broad SMARTS) is 1. The number of carboxylic acids is 1. The molecule has 2 rings (SSSR count). The van der Waals surface area contributed by atoms with Crippen molar-refractivity contribution >= 4 is 21.9 Å². The number of halogens is 1. The molecule has 0 atom stereocenters. The molecule has 1 saturated carbocycles. The van der Waals surface area contributed by atoms with Gasteiger partial charge in [0.05, 0.1) is 5.60 Å². The number of aromatic carboxylic acids is 1. The van der Waals surface area contributed by atoms with Gasteiger partial charge in [0.15, 0.2) is 0 Å². The standard InChI is InChI=1S/C14H17BrO4/c15-10-4-5-12(11(8-10)13(16)17)19-9-14(18)6-2-1-3-7-14/h4-5,8,18H,1-3,6-7,9H2,(H,16,17). The fourth-order valence-electron chi connectivity index (χ4n) is 2.36. The molecule has 0 spiro atoms. The second-order valence-corrected chi connectivity index (χ2v) is 5.93. The Morgan fingerprint density at radius 2 is 2.00 bits per heavy atom. The molecule has 2 N–H and O–H groups in total. The third-order valence-electron chi connectivity index (χ3n) is 3.45. The predicted octanol–water partition coefficient (Wildman–Crippen LogP) is 3.22. The van der Waals surface area contributed by atoms with Gasteiger partial charge in [0.25, 0.3) is 0 Å². The second kappa shape index (κ2) is 5.92. The quantitative estimate of drug-likeness (QED) is 0.890. The number of aliphatic hydroxyl groups is 1. The minimum atomic E-state index is -1.04. The molecule has 1 aliphatic rings. The summed E-state index contributed by atoms with van der Waals surface area (Å²) in [6, 6.07) is 4.84. The third-order valence-corrected chi connectivity index (χ3v) is 3.95. The summed E-state index contributed by atoms with van der Waals surface area (Å²) < 4.78 is 6.23. The number of benzene rings is 1. The van der Waals surface area contributed by atoms with Crippen molar-refractivity contribution in [3.63, 3.8) is 0 Å². The minimum absolute atomic E-state index is 0.105. The van der Waals surface area contributed by atoms with E-state index in [2.05, 4.69) is 15.9 Å². The fraction of sp³-hybridized carbons (Fsp3) is 0.500. The van der Waals surface area contributed by atoms with E-state index in [4.69, 9.17) is 9.84 Å². The zero-order valence-electron chi connectivity index (χ0n) is 10.6. The lowest BCUT2D eigenvalue weighted by molar-refractivity contribution is -0.0341. The maximum absolute atomic E-state index is 11.1. The third kappa shape index (κ3) is 3.70. The van der Waals surface area contributed by atoms with Crippen molar-refractivity contribution in [2.45, 2.75) is 37.7 Å². The summed E-state index contributed by atoms with van der Waals surface area (Å²) in [6.45, 7) is 0.148. The summed E-state index contributed by atoms with van der Waals surface area (Å²) in [5, 5.41) is 19.5. The first-order chi connectivity index (χ1) is 9.00. The van der Waals surface area contributed by atoms with Crippen LogP contribution in [0, 0.1) is 0 Å². The van der Waals surface area contributed by atoms with Crippen LogP contribution in [0.1, 0.15) is 42.5 Å². The molecule has 1 fully saturated rings. The van der Waals surface area contributed by atoms with Crippen LogP contribution in [0.2, 0.25) is 0 Å². The Balaban J connectivity index is 2.08. The van der Waals surface area contributed by atoms with Crippen LogP contribution in [0.25, 0.3) is 0 Å². The average molecular weight is 329 g/mol. The lowest BCUT2D eigenvalue weighted by Crippen LogP contribution is -2.38. The molecule has 1 aromatic rings. The summed E-state index contributed by atoms with van der Waals surface area (Å²) in [5.41, 5.74) is -0.713. The maximum atomic E-state index is 11.1. The topological polar surface area (TPSA) is 66.8 Å². The molecule has 104 valence electrons. The molecular weight excluding hydrogens is 312 g/mol. The van der Waals surface area contributed by atoms with Gasteiger partial charge in [0.1, 0.15) is 17.9 Å². The highest BCUT2D eigenvalue weighted by Crippen LogP contribution is 2.30. The van der Waals surface area contributed by atoms with E-state index >= 15 is 0 Å². The highest BCUT2D eigenvalue weighted by molar-refractivity contribution is 9.10. The van der Waals surface area contributed by atoms with Crippen LogP contribution in [0.15, 0.2) is 22.7 Å². The van der Waals surface area contributed by atoms with Gasteiger partial charge < -0.3 is 14.9 Å². The largest absolute Gasteiger partial charge is 0.490 e. The van der Waals surface area contributed by atoms with Gasteiger partial charge in [-0.25, -0.2) is 4.79 Å². The molecule has 4 nitrogen and oxygen atoms in total. The SMILES string of the molecule is O=C(O)c1cc(Br)ccc1OCC1(O)CCCCC1. The first kappa shape index (κ1) is 14.3. The van der Waals surface area contributed by atoms with Crippen LogP contribution in [0.4, 0.5) is 0 Å². The van der Waals surface area contributed by atoms with Crippen molar-refractivity contribution in [2.24, 2.45) is 0 Å². The van der Waals surface area contributed by atoms with Gasteiger partial charge in [0.2, 0.25) is 0 Å². The predicted molar refractivity (Wildman–Crippen MR) is 74.6 cm³/mol. The van der Waals surface area contributed by atoms with Gasteiger partial charge in [-0.3, -0.25) is 0 Å². The number of hydrogen-bond donors (Lipinski definition) is 2. The first-order valence-electron chi connectivity index (χ1n) is 6.38.